The van der Waals surface area contributed by atoms with Gasteiger partial charge in [0.05, 0.1) is 11.2 Å². The molecule has 2 heterocycles. The van der Waals surface area contributed by atoms with Crippen LogP contribution < -0.4 is 10.5 Å². The number of rotatable bonds is 5. The summed E-state index contributed by atoms with van der Waals surface area (Å²) in [6, 6.07) is 7.58. The van der Waals surface area contributed by atoms with E-state index >= 15 is 0 Å². The molecule has 1 aliphatic rings. The molecule has 1 aliphatic heterocycles. The van der Waals surface area contributed by atoms with Crippen LogP contribution in [0.4, 0.5) is 0 Å². The zero-order valence-electron chi connectivity index (χ0n) is 13.1. The fourth-order valence-electron chi connectivity index (χ4n) is 2.95. The summed E-state index contributed by atoms with van der Waals surface area (Å²) >= 11 is 1.54. The SMILES string of the molecule is CC1CC(CN)CN1C(=O)c1cccc(OCc2cscn2)c1. The molecule has 0 saturated carbocycles. The van der Waals surface area contributed by atoms with Gasteiger partial charge in [0, 0.05) is 23.5 Å². The first-order valence-electron chi connectivity index (χ1n) is 7.78. The van der Waals surface area contributed by atoms with Gasteiger partial charge in [0.15, 0.2) is 0 Å². The van der Waals surface area contributed by atoms with E-state index in [9.17, 15) is 4.79 Å². The average molecular weight is 331 g/mol. The molecule has 2 atom stereocenters. The smallest absolute Gasteiger partial charge is 0.254 e. The summed E-state index contributed by atoms with van der Waals surface area (Å²) in [6.45, 7) is 3.86. The predicted molar refractivity (Wildman–Crippen MR) is 90.5 cm³/mol. The standard InChI is InChI=1S/C17H21N3O2S/c1-12-5-13(7-18)8-20(12)17(21)14-3-2-4-16(6-14)22-9-15-10-23-11-19-15/h2-4,6,10-13H,5,7-9,18H2,1H3. The van der Waals surface area contributed by atoms with Gasteiger partial charge in [-0.1, -0.05) is 6.07 Å². The molecule has 1 saturated heterocycles. The maximum atomic E-state index is 12.7. The van der Waals surface area contributed by atoms with E-state index in [0.29, 0.717) is 30.4 Å². The number of hydrogen-bond acceptors (Lipinski definition) is 5. The van der Waals surface area contributed by atoms with Crippen molar-refractivity contribution in [2.24, 2.45) is 11.7 Å². The third kappa shape index (κ3) is 3.71. The van der Waals surface area contributed by atoms with E-state index in [-0.39, 0.29) is 11.9 Å². The van der Waals surface area contributed by atoms with Gasteiger partial charge < -0.3 is 15.4 Å². The second-order valence-electron chi connectivity index (χ2n) is 5.94. The number of nitrogens with zero attached hydrogens (tertiary/aromatic N) is 2. The third-order valence-electron chi connectivity index (χ3n) is 4.21. The molecule has 0 radical (unpaired) electrons. The highest BCUT2D eigenvalue weighted by atomic mass is 32.1. The minimum absolute atomic E-state index is 0.0487. The number of likely N-dealkylation sites (tertiary alicyclic amines) is 1. The lowest BCUT2D eigenvalue weighted by Crippen LogP contribution is -2.34. The number of aromatic nitrogens is 1. The quantitative estimate of drug-likeness (QED) is 0.914. The van der Waals surface area contributed by atoms with Crippen LogP contribution in [-0.4, -0.2) is 34.9 Å². The van der Waals surface area contributed by atoms with E-state index in [2.05, 4.69) is 11.9 Å². The Bertz CT molecular complexity index is 660. The Kier molecular flexibility index (Phi) is 4.93. The Balaban J connectivity index is 1.68. The second kappa shape index (κ2) is 7.10. The predicted octanol–water partition coefficient (Wildman–Crippen LogP) is 2.53. The van der Waals surface area contributed by atoms with Crippen molar-refractivity contribution in [2.45, 2.75) is 26.0 Å². The van der Waals surface area contributed by atoms with Gasteiger partial charge in [-0.3, -0.25) is 4.79 Å². The van der Waals surface area contributed by atoms with Crippen LogP contribution in [0.3, 0.4) is 0 Å². The van der Waals surface area contributed by atoms with Crippen LogP contribution in [0.1, 0.15) is 29.4 Å². The van der Waals surface area contributed by atoms with Crippen LogP contribution in [0.5, 0.6) is 5.75 Å². The molecule has 2 N–H and O–H groups in total. The molecule has 122 valence electrons. The first-order valence-corrected chi connectivity index (χ1v) is 8.72. The van der Waals surface area contributed by atoms with Crippen molar-refractivity contribution >= 4 is 17.2 Å². The lowest BCUT2D eigenvalue weighted by molar-refractivity contribution is 0.0743. The Hall–Kier alpha value is -1.92. The summed E-state index contributed by atoms with van der Waals surface area (Å²) in [4.78, 5) is 18.8. The van der Waals surface area contributed by atoms with Gasteiger partial charge in [-0.25, -0.2) is 4.98 Å². The Morgan fingerprint density at radius 2 is 2.39 bits per heavy atom. The molecule has 0 bridgehead atoms. The van der Waals surface area contributed by atoms with Crippen molar-refractivity contribution in [1.82, 2.24) is 9.88 Å². The topological polar surface area (TPSA) is 68.5 Å². The molecule has 0 aliphatic carbocycles. The monoisotopic (exact) mass is 331 g/mol. The van der Waals surface area contributed by atoms with E-state index in [1.54, 1.807) is 11.6 Å². The van der Waals surface area contributed by atoms with Crippen LogP contribution in [0.25, 0.3) is 0 Å². The van der Waals surface area contributed by atoms with Crippen LogP contribution in [-0.2, 0) is 6.61 Å². The summed E-state index contributed by atoms with van der Waals surface area (Å²) in [5.74, 6) is 1.14. The van der Waals surface area contributed by atoms with E-state index in [1.165, 1.54) is 11.3 Å². The van der Waals surface area contributed by atoms with E-state index in [1.807, 2.05) is 28.5 Å². The minimum Gasteiger partial charge on any atom is -0.487 e. The van der Waals surface area contributed by atoms with Gasteiger partial charge >= 0.3 is 0 Å². The molecule has 1 fully saturated rings. The lowest BCUT2D eigenvalue weighted by atomic mass is 10.1. The average Bonchev–Trinajstić information content (AvgIpc) is 3.22. The maximum Gasteiger partial charge on any atom is 0.254 e. The van der Waals surface area contributed by atoms with Gasteiger partial charge in [0.1, 0.15) is 12.4 Å². The highest BCUT2D eigenvalue weighted by molar-refractivity contribution is 7.07. The molecule has 5 nitrogen and oxygen atoms in total. The summed E-state index contributed by atoms with van der Waals surface area (Å²) in [7, 11) is 0. The number of thiazole rings is 1. The summed E-state index contributed by atoms with van der Waals surface area (Å²) in [5, 5.41) is 1.95. The summed E-state index contributed by atoms with van der Waals surface area (Å²) < 4.78 is 5.73. The van der Waals surface area contributed by atoms with Crippen molar-refractivity contribution in [3.63, 3.8) is 0 Å². The molecule has 1 amide bonds. The van der Waals surface area contributed by atoms with Gasteiger partial charge in [-0.15, -0.1) is 11.3 Å². The van der Waals surface area contributed by atoms with Crippen LogP contribution in [0.2, 0.25) is 0 Å². The van der Waals surface area contributed by atoms with Crippen molar-refractivity contribution in [3.05, 3.63) is 46.4 Å². The number of hydrogen-bond donors (Lipinski definition) is 1. The highest BCUT2D eigenvalue weighted by Crippen LogP contribution is 2.25. The summed E-state index contributed by atoms with van der Waals surface area (Å²) in [6.07, 6.45) is 0.974. The number of amides is 1. The molecule has 1 aromatic heterocycles. The molecular weight excluding hydrogens is 310 g/mol. The van der Waals surface area contributed by atoms with E-state index < -0.39 is 0 Å². The second-order valence-corrected chi connectivity index (χ2v) is 6.66. The Labute approximate surface area is 140 Å². The lowest BCUT2D eigenvalue weighted by Gasteiger charge is -2.21. The molecule has 0 spiro atoms. The fraction of sp³-hybridized carbons (Fsp3) is 0.412. The number of carbonyl (C=O) groups is 1. The number of benzene rings is 1. The van der Waals surface area contributed by atoms with Gasteiger partial charge in [0.2, 0.25) is 0 Å². The van der Waals surface area contributed by atoms with Crippen molar-refractivity contribution in [3.8, 4) is 5.75 Å². The molecule has 23 heavy (non-hydrogen) atoms. The summed E-state index contributed by atoms with van der Waals surface area (Å²) in [5.41, 5.74) is 9.07. The first-order chi connectivity index (χ1) is 11.2. The van der Waals surface area contributed by atoms with E-state index in [4.69, 9.17) is 10.5 Å². The minimum atomic E-state index is 0.0487. The van der Waals surface area contributed by atoms with Crippen LogP contribution >= 0.6 is 11.3 Å². The van der Waals surface area contributed by atoms with Crippen molar-refractivity contribution in [2.75, 3.05) is 13.1 Å². The Morgan fingerprint density at radius 1 is 1.52 bits per heavy atom. The third-order valence-corrected chi connectivity index (χ3v) is 4.84. The molecule has 2 unspecified atom stereocenters. The largest absolute Gasteiger partial charge is 0.487 e. The fourth-order valence-corrected chi connectivity index (χ4v) is 3.49. The van der Waals surface area contributed by atoms with Crippen molar-refractivity contribution in [1.29, 1.82) is 0 Å². The number of ether oxygens (including phenoxy) is 1. The van der Waals surface area contributed by atoms with Gasteiger partial charge in [0.25, 0.3) is 5.91 Å². The first kappa shape index (κ1) is 16.0. The van der Waals surface area contributed by atoms with Crippen molar-refractivity contribution < 1.29 is 9.53 Å². The number of carbonyl (C=O) groups excluding carboxylic acids is 1. The Morgan fingerprint density at radius 3 is 3.09 bits per heavy atom. The van der Waals surface area contributed by atoms with Gasteiger partial charge in [-0.05, 0) is 44.0 Å². The molecule has 3 rings (SSSR count). The normalized spacial score (nSPS) is 20.7. The molecule has 1 aromatic carbocycles. The van der Waals surface area contributed by atoms with E-state index in [0.717, 1.165) is 18.7 Å². The van der Waals surface area contributed by atoms with Crippen LogP contribution in [0, 0.1) is 5.92 Å². The van der Waals surface area contributed by atoms with Crippen LogP contribution in [0.15, 0.2) is 35.2 Å². The zero-order valence-corrected chi connectivity index (χ0v) is 14.0. The molecule has 6 heteroatoms. The molecule has 2 aromatic rings. The maximum absolute atomic E-state index is 12.7. The highest BCUT2D eigenvalue weighted by Gasteiger charge is 2.32. The zero-order chi connectivity index (χ0) is 16.2. The number of nitrogens with two attached hydrogens (primary N) is 1. The molecular formula is C17H21N3O2S. The van der Waals surface area contributed by atoms with Gasteiger partial charge in [-0.2, -0.15) is 0 Å².